The summed E-state index contributed by atoms with van der Waals surface area (Å²) in [6, 6.07) is 0. The molecule has 148 valence electrons. The second-order valence-electron chi connectivity index (χ2n) is 7.17. The van der Waals surface area contributed by atoms with Crippen LogP contribution in [0.3, 0.4) is 0 Å². The quantitative estimate of drug-likeness (QED) is 0.606. The van der Waals surface area contributed by atoms with Crippen LogP contribution in [0.2, 0.25) is 0 Å². The van der Waals surface area contributed by atoms with Crippen LogP contribution in [0, 0.1) is 0 Å². The van der Waals surface area contributed by atoms with Crippen LogP contribution in [0.1, 0.15) is 12.8 Å². The summed E-state index contributed by atoms with van der Waals surface area (Å²) in [5.41, 5.74) is 0. The van der Waals surface area contributed by atoms with Gasteiger partial charge in [0.15, 0.2) is 0 Å². The van der Waals surface area contributed by atoms with Crippen molar-refractivity contribution >= 4 is 11.8 Å². The molecule has 0 aromatic rings. The molecule has 3 aliphatic heterocycles. The number of rotatable bonds is 6. The molecule has 3 aliphatic rings. The topological polar surface area (TPSA) is 65.6 Å². The van der Waals surface area contributed by atoms with Crippen molar-refractivity contribution in [1.82, 2.24) is 19.6 Å². The Morgan fingerprint density at radius 2 is 0.923 bits per heavy atom. The zero-order valence-electron chi connectivity index (χ0n) is 15.7. The number of carbonyl (C=O) groups excluding carboxylic acids is 2. The molecule has 3 saturated heterocycles. The monoisotopic (exact) mass is 368 g/mol. The fourth-order valence-electron chi connectivity index (χ4n) is 3.68. The van der Waals surface area contributed by atoms with Crippen LogP contribution in [0.25, 0.3) is 0 Å². The number of hydrogen-bond acceptors (Lipinski definition) is 6. The van der Waals surface area contributed by atoms with E-state index in [2.05, 4.69) is 9.80 Å². The minimum absolute atomic E-state index is 0.205. The van der Waals surface area contributed by atoms with Crippen molar-refractivity contribution in [3.8, 4) is 0 Å². The van der Waals surface area contributed by atoms with E-state index in [4.69, 9.17) is 9.47 Å². The molecule has 0 radical (unpaired) electrons. The molecule has 3 fully saturated rings. The van der Waals surface area contributed by atoms with E-state index in [1.807, 2.05) is 9.80 Å². The zero-order valence-corrected chi connectivity index (χ0v) is 15.7. The first-order chi connectivity index (χ1) is 12.7. The van der Waals surface area contributed by atoms with Gasteiger partial charge in [-0.25, -0.2) is 0 Å². The minimum Gasteiger partial charge on any atom is -0.379 e. The number of piperazine rings is 1. The molecule has 8 heteroatoms. The largest absolute Gasteiger partial charge is 0.379 e. The van der Waals surface area contributed by atoms with Crippen molar-refractivity contribution in [3.05, 3.63) is 0 Å². The molecule has 0 aliphatic carbocycles. The van der Waals surface area contributed by atoms with Gasteiger partial charge in [-0.15, -0.1) is 0 Å². The van der Waals surface area contributed by atoms with Crippen LogP contribution < -0.4 is 0 Å². The summed E-state index contributed by atoms with van der Waals surface area (Å²) >= 11 is 0. The second kappa shape index (κ2) is 10.2. The average Bonchev–Trinajstić information content (AvgIpc) is 2.72. The third-order valence-electron chi connectivity index (χ3n) is 5.48. The first-order valence-corrected chi connectivity index (χ1v) is 9.88. The summed E-state index contributed by atoms with van der Waals surface area (Å²) in [4.78, 5) is 33.2. The van der Waals surface area contributed by atoms with Gasteiger partial charge >= 0.3 is 0 Å². The maximum Gasteiger partial charge on any atom is 0.223 e. The highest BCUT2D eigenvalue weighted by Gasteiger charge is 2.25. The van der Waals surface area contributed by atoms with Gasteiger partial charge in [-0.05, 0) is 0 Å². The first-order valence-electron chi connectivity index (χ1n) is 9.88. The molecular formula is C18H32N4O4. The smallest absolute Gasteiger partial charge is 0.223 e. The van der Waals surface area contributed by atoms with Gasteiger partial charge in [-0.1, -0.05) is 0 Å². The van der Waals surface area contributed by atoms with Crippen molar-refractivity contribution in [3.63, 3.8) is 0 Å². The van der Waals surface area contributed by atoms with Crippen LogP contribution in [-0.2, 0) is 19.1 Å². The number of morpholine rings is 2. The van der Waals surface area contributed by atoms with Crippen LogP contribution >= 0.6 is 0 Å². The Morgan fingerprint density at radius 3 is 1.27 bits per heavy atom. The third kappa shape index (κ3) is 5.90. The lowest BCUT2D eigenvalue weighted by molar-refractivity contribution is -0.140. The Balaban J connectivity index is 1.31. The van der Waals surface area contributed by atoms with Crippen molar-refractivity contribution in [2.45, 2.75) is 12.8 Å². The number of hydrogen-bond donors (Lipinski definition) is 0. The van der Waals surface area contributed by atoms with Crippen molar-refractivity contribution in [1.29, 1.82) is 0 Å². The molecule has 0 atom stereocenters. The summed E-state index contributed by atoms with van der Waals surface area (Å²) in [7, 11) is 0. The van der Waals surface area contributed by atoms with Gasteiger partial charge in [0.05, 0.1) is 26.4 Å². The summed E-state index contributed by atoms with van der Waals surface area (Å²) in [6.45, 7) is 11.0. The van der Waals surface area contributed by atoms with Gasteiger partial charge in [-0.3, -0.25) is 19.4 Å². The molecule has 3 heterocycles. The molecular weight excluding hydrogens is 336 g/mol. The summed E-state index contributed by atoms with van der Waals surface area (Å²) in [5.74, 6) is 0.411. The van der Waals surface area contributed by atoms with Crippen LogP contribution in [0.15, 0.2) is 0 Å². The molecule has 8 nitrogen and oxygen atoms in total. The second-order valence-corrected chi connectivity index (χ2v) is 7.17. The van der Waals surface area contributed by atoms with E-state index in [0.29, 0.717) is 39.0 Å². The molecule has 0 saturated carbocycles. The van der Waals surface area contributed by atoms with E-state index in [0.717, 1.165) is 65.7 Å². The van der Waals surface area contributed by atoms with E-state index in [1.165, 1.54) is 0 Å². The number of ether oxygens (including phenoxy) is 2. The van der Waals surface area contributed by atoms with Gasteiger partial charge in [0.1, 0.15) is 0 Å². The molecule has 0 unspecified atom stereocenters. The van der Waals surface area contributed by atoms with E-state index >= 15 is 0 Å². The number of amides is 2. The highest BCUT2D eigenvalue weighted by Crippen LogP contribution is 2.08. The maximum absolute atomic E-state index is 12.4. The maximum atomic E-state index is 12.4. The molecule has 0 spiro atoms. The lowest BCUT2D eigenvalue weighted by Crippen LogP contribution is -2.51. The Kier molecular flexibility index (Phi) is 7.67. The standard InChI is InChI=1S/C18H32N4O4/c23-17(1-3-19-9-13-25-14-10-19)21-5-7-22(8-6-21)18(24)2-4-20-11-15-26-16-12-20/h1-16H2. The molecule has 26 heavy (non-hydrogen) atoms. The summed E-state index contributed by atoms with van der Waals surface area (Å²) in [6.07, 6.45) is 1.12. The number of carbonyl (C=O) groups is 2. The Hall–Kier alpha value is -1.22. The average molecular weight is 368 g/mol. The lowest BCUT2D eigenvalue weighted by Gasteiger charge is -2.36. The van der Waals surface area contributed by atoms with Gasteiger partial charge in [0.2, 0.25) is 11.8 Å². The lowest BCUT2D eigenvalue weighted by atomic mass is 10.2. The molecule has 3 rings (SSSR count). The highest BCUT2D eigenvalue weighted by atomic mass is 16.5. The van der Waals surface area contributed by atoms with Crippen molar-refractivity contribution < 1.29 is 19.1 Å². The van der Waals surface area contributed by atoms with Crippen LogP contribution in [0.4, 0.5) is 0 Å². The summed E-state index contributed by atoms with van der Waals surface area (Å²) in [5, 5.41) is 0. The predicted octanol–water partition coefficient (Wildman–Crippen LogP) is -0.898. The van der Waals surface area contributed by atoms with E-state index in [-0.39, 0.29) is 11.8 Å². The predicted molar refractivity (Wildman–Crippen MR) is 96.9 cm³/mol. The highest BCUT2D eigenvalue weighted by molar-refractivity contribution is 5.78. The van der Waals surface area contributed by atoms with Crippen molar-refractivity contribution in [2.24, 2.45) is 0 Å². The minimum atomic E-state index is 0.205. The molecule has 0 aromatic heterocycles. The fraction of sp³-hybridized carbons (Fsp3) is 0.889. The van der Waals surface area contributed by atoms with Crippen LogP contribution in [-0.4, -0.2) is 123 Å². The van der Waals surface area contributed by atoms with Crippen molar-refractivity contribution in [2.75, 3.05) is 91.9 Å². The SMILES string of the molecule is O=C(CCN1CCOCC1)N1CCN(C(=O)CCN2CCOCC2)CC1. The van der Waals surface area contributed by atoms with Gasteiger partial charge in [0, 0.05) is 78.3 Å². The van der Waals surface area contributed by atoms with Gasteiger partial charge in [0.25, 0.3) is 0 Å². The van der Waals surface area contributed by atoms with E-state index in [1.54, 1.807) is 0 Å². The Bertz CT molecular complexity index is 414. The molecule has 0 N–H and O–H groups in total. The number of nitrogens with zero attached hydrogens (tertiary/aromatic N) is 4. The molecule has 0 bridgehead atoms. The third-order valence-corrected chi connectivity index (χ3v) is 5.48. The van der Waals surface area contributed by atoms with Gasteiger partial charge < -0.3 is 19.3 Å². The normalized spacial score (nSPS) is 23.2. The van der Waals surface area contributed by atoms with E-state index in [9.17, 15) is 9.59 Å². The first kappa shape index (κ1) is 19.5. The Morgan fingerprint density at radius 1 is 0.577 bits per heavy atom. The zero-order chi connectivity index (χ0) is 18.2. The fourth-order valence-corrected chi connectivity index (χ4v) is 3.68. The summed E-state index contributed by atoms with van der Waals surface area (Å²) < 4.78 is 10.7. The van der Waals surface area contributed by atoms with E-state index < -0.39 is 0 Å². The van der Waals surface area contributed by atoms with Crippen LogP contribution in [0.5, 0.6) is 0 Å². The molecule has 2 amide bonds. The molecule has 0 aromatic carbocycles. The van der Waals surface area contributed by atoms with Gasteiger partial charge in [-0.2, -0.15) is 0 Å². The Labute approximate surface area is 156 Å².